The van der Waals surface area contributed by atoms with Gasteiger partial charge in [-0.25, -0.2) is 4.57 Å². The lowest BCUT2D eigenvalue weighted by Crippen LogP contribution is -2.37. The molecule has 0 heterocycles. The van der Waals surface area contributed by atoms with Crippen LogP contribution in [0, 0.1) is 0 Å². The summed E-state index contributed by atoms with van der Waals surface area (Å²) in [5, 5.41) is 2.61. The molecule has 0 saturated carbocycles. The predicted octanol–water partition coefficient (Wildman–Crippen LogP) is 0.420. The monoisotopic (exact) mass is 403 g/mol. The number of hydrogen-bond acceptors (Lipinski definition) is 6. The van der Waals surface area contributed by atoms with Crippen molar-refractivity contribution in [3.8, 4) is 5.75 Å². The van der Waals surface area contributed by atoms with Gasteiger partial charge < -0.3 is 25.8 Å². The molecule has 2 atom stereocenters. The third kappa shape index (κ3) is 10.1. The van der Waals surface area contributed by atoms with Crippen LogP contribution in [-0.4, -0.2) is 61.5 Å². The predicted molar refractivity (Wildman–Crippen MR) is 101 cm³/mol. The minimum Gasteiger partial charge on any atom is -0.404 e. The third-order valence-corrected chi connectivity index (χ3v) is 4.37. The summed E-state index contributed by atoms with van der Waals surface area (Å²) >= 11 is 0. The zero-order chi connectivity index (χ0) is 20.7. The molecule has 0 bridgehead atoms. The van der Waals surface area contributed by atoms with Gasteiger partial charge in [-0.3, -0.25) is 19.0 Å². The Morgan fingerprint density at radius 1 is 1.26 bits per heavy atom. The number of benzene rings is 1. The Morgan fingerprint density at radius 3 is 2.37 bits per heavy atom. The summed E-state index contributed by atoms with van der Waals surface area (Å²) in [6.07, 6.45) is 0.176. The average molecular weight is 403 g/mol. The van der Waals surface area contributed by atoms with E-state index in [0.717, 1.165) is 0 Å². The molecule has 2 amide bonds. The first-order chi connectivity index (χ1) is 12.4. The van der Waals surface area contributed by atoms with E-state index < -0.39 is 19.8 Å². The van der Waals surface area contributed by atoms with Crippen molar-refractivity contribution in [3.63, 3.8) is 0 Å². The summed E-state index contributed by atoms with van der Waals surface area (Å²) in [7, 11) is 1.57. The van der Waals surface area contributed by atoms with Crippen LogP contribution < -0.4 is 21.3 Å². The Labute approximate surface area is 158 Å². The van der Waals surface area contributed by atoms with Gasteiger partial charge in [-0.05, 0) is 30.7 Å². The van der Waals surface area contributed by atoms with Crippen molar-refractivity contribution >= 4 is 25.3 Å². The molecule has 11 heteroatoms. The second kappa shape index (κ2) is 9.82. The van der Waals surface area contributed by atoms with E-state index in [0.29, 0.717) is 16.7 Å². The van der Waals surface area contributed by atoms with Crippen LogP contribution in [0.3, 0.4) is 0 Å². The zero-order valence-corrected chi connectivity index (χ0v) is 16.6. The lowest BCUT2D eigenvalue weighted by Gasteiger charge is -2.24. The molecular formula is C16H28N4O6P+. The van der Waals surface area contributed by atoms with Gasteiger partial charge in [0.25, 0.3) is 0 Å². The Hall–Kier alpha value is -1.97. The van der Waals surface area contributed by atoms with Crippen molar-refractivity contribution in [2.45, 2.75) is 18.9 Å². The molecular weight excluding hydrogens is 375 g/mol. The highest BCUT2D eigenvalue weighted by molar-refractivity contribution is 7.47. The first-order valence-electron chi connectivity index (χ1n) is 8.30. The number of carbonyl (C=O) groups excluding carboxylic acids is 2. The number of hydrogen-bond donors (Lipinski definition) is 4. The molecule has 0 saturated heterocycles. The summed E-state index contributed by atoms with van der Waals surface area (Å²) in [6, 6.07) is 5.00. The molecule has 6 N–H and O–H groups in total. The van der Waals surface area contributed by atoms with E-state index >= 15 is 0 Å². The van der Waals surface area contributed by atoms with Gasteiger partial charge in [-0.2, -0.15) is 0 Å². The van der Waals surface area contributed by atoms with Gasteiger partial charge >= 0.3 is 7.82 Å². The van der Waals surface area contributed by atoms with Gasteiger partial charge in [0.15, 0.2) is 0 Å². The second-order valence-electron chi connectivity index (χ2n) is 7.03. The number of nitrogens with two attached hydrogens (primary N) is 2. The van der Waals surface area contributed by atoms with Gasteiger partial charge in [-0.15, -0.1) is 0 Å². The van der Waals surface area contributed by atoms with Crippen molar-refractivity contribution in [1.29, 1.82) is 0 Å². The first-order valence-corrected chi connectivity index (χ1v) is 9.80. The van der Waals surface area contributed by atoms with Gasteiger partial charge in [0.2, 0.25) is 11.8 Å². The number of rotatable bonds is 11. The van der Waals surface area contributed by atoms with Crippen LogP contribution in [0.2, 0.25) is 0 Å². The van der Waals surface area contributed by atoms with Crippen LogP contribution in [0.4, 0.5) is 5.69 Å². The molecule has 0 fully saturated rings. The van der Waals surface area contributed by atoms with Crippen LogP contribution >= 0.6 is 7.82 Å². The fourth-order valence-electron chi connectivity index (χ4n) is 1.84. The maximum absolute atomic E-state index is 11.9. The molecule has 10 nitrogen and oxygen atoms in total. The standard InChI is InChI=1S/C16H27N4O6P/c1-20(2,3)10-11-25-27(23,24)26-13-6-4-12(5-7-13)19-15(21)9-8-14(17)16(18)22/h4-7,14H,8-11,17H2,1-3H3,(H3-,18,19,21,22,23,24)/p+1/t14-/m1/s1. The van der Waals surface area contributed by atoms with Gasteiger partial charge in [-0.1, -0.05) is 0 Å². The number of carbonyl (C=O) groups is 2. The second-order valence-corrected chi connectivity index (χ2v) is 8.40. The molecule has 0 spiro atoms. The average Bonchev–Trinajstić information content (AvgIpc) is 2.52. The number of nitrogens with one attached hydrogen (secondary N) is 1. The Kier molecular flexibility index (Phi) is 8.39. The van der Waals surface area contributed by atoms with E-state index in [1.807, 2.05) is 21.1 Å². The number of likely N-dealkylation sites (N-methyl/N-ethyl adjacent to an activating group) is 1. The maximum atomic E-state index is 11.9. The number of phosphoric acid groups is 1. The summed E-state index contributed by atoms with van der Waals surface area (Å²) in [4.78, 5) is 32.4. The van der Waals surface area contributed by atoms with Gasteiger partial charge in [0.1, 0.15) is 18.9 Å². The van der Waals surface area contributed by atoms with Gasteiger partial charge in [0, 0.05) is 12.1 Å². The summed E-state index contributed by atoms with van der Waals surface area (Å²) in [6.45, 7) is 0.608. The Balaban J connectivity index is 2.50. The highest BCUT2D eigenvalue weighted by atomic mass is 31.2. The fourth-order valence-corrected chi connectivity index (χ4v) is 2.59. The van der Waals surface area contributed by atoms with E-state index in [9.17, 15) is 19.0 Å². The maximum Gasteiger partial charge on any atom is 0.527 e. The number of amides is 2. The van der Waals surface area contributed by atoms with Crippen molar-refractivity contribution in [1.82, 2.24) is 0 Å². The van der Waals surface area contributed by atoms with E-state index in [2.05, 4.69) is 5.32 Å². The van der Waals surface area contributed by atoms with Crippen molar-refractivity contribution in [2.75, 3.05) is 39.6 Å². The first kappa shape index (κ1) is 23.1. The number of nitrogens with zero attached hydrogens (tertiary/aromatic N) is 1. The topological polar surface area (TPSA) is 154 Å². The summed E-state index contributed by atoms with van der Waals surface area (Å²) in [5.74, 6) is -0.877. The number of quaternary nitrogens is 1. The molecule has 1 rings (SSSR count). The van der Waals surface area contributed by atoms with E-state index in [1.165, 1.54) is 24.3 Å². The van der Waals surface area contributed by atoms with Crippen molar-refractivity contribution in [3.05, 3.63) is 24.3 Å². The van der Waals surface area contributed by atoms with E-state index in [-0.39, 0.29) is 31.1 Å². The molecule has 1 unspecified atom stereocenters. The van der Waals surface area contributed by atoms with E-state index in [4.69, 9.17) is 20.5 Å². The molecule has 0 aliphatic carbocycles. The minimum absolute atomic E-state index is 0.0360. The zero-order valence-electron chi connectivity index (χ0n) is 15.8. The summed E-state index contributed by atoms with van der Waals surface area (Å²) in [5.41, 5.74) is 10.9. The van der Waals surface area contributed by atoms with E-state index in [1.54, 1.807) is 0 Å². The van der Waals surface area contributed by atoms with Crippen LogP contribution in [0.15, 0.2) is 24.3 Å². The molecule has 0 radical (unpaired) electrons. The van der Waals surface area contributed by atoms with Crippen molar-refractivity contribution in [2.24, 2.45) is 11.5 Å². The lowest BCUT2D eigenvalue weighted by atomic mass is 10.1. The largest absolute Gasteiger partial charge is 0.527 e. The SMILES string of the molecule is C[N+](C)(C)CCOP(=O)(O)Oc1ccc(NC(=O)CC[C@@H](N)C(N)=O)cc1. The lowest BCUT2D eigenvalue weighted by molar-refractivity contribution is -0.870. The van der Waals surface area contributed by atoms with Gasteiger partial charge in [0.05, 0.1) is 27.2 Å². The highest BCUT2D eigenvalue weighted by Crippen LogP contribution is 2.43. The smallest absolute Gasteiger partial charge is 0.404 e. The number of primary amides is 1. The molecule has 0 aromatic heterocycles. The number of phosphoric ester groups is 1. The van der Waals surface area contributed by atoms with Crippen LogP contribution in [0.1, 0.15) is 12.8 Å². The molecule has 0 aliphatic heterocycles. The molecule has 1 aromatic carbocycles. The number of anilines is 1. The highest BCUT2D eigenvalue weighted by Gasteiger charge is 2.24. The summed E-state index contributed by atoms with van der Waals surface area (Å²) < 4.78 is 22.4. The van der Waals surface area contributed by atoms with Crippen LogP contribution in [0.25, 0.3) is 0 Å². The molecule has 152 valence electrons. The normalized spacial score (nSPS) is 14.9. The Morgan fingerprint density at radius 2 is 1.85 bits per heavy atom. The third-order valence-electron chi connectivity index (χ3n) is 3.42. The molecule has 27 heavy (non-hydrogen) atoms. The van der Waals surface area contributed by atoms with Crippen LogP contribution in [-0.2, 0) is 18.7 Å². The molecule has 0 aliphatic rings. The quantitative estimate of drug-likeness (QED) is 0.308. The van der Waals surface area contributed by atoms with Crippen LogP contribution in [0.5, 0.6) is 5.75 Å². The fraction of sp³-hybridized carbons (Fsp3) is 0.500. The minimum atomic E-state index is -4.23. The van der Waals surface area contributed by atoms with Crippen molar-refractivity contribution < 1.29 is 32.6 Å². The Bertz CT molecular complexity index is 689. The molecule has 1 aromatic rings.